The highest BCUT2D eigenvalue weighted by molar-refractivity contribution is 5.95. The van der Waals surface area contributed by atoms with Gasteiger partial charge in [-0.3, -0.25) is 10.2 Å². The standard InChI is InChI=1S/C11H12N4O2/c12-11(16)15(17)14-6-4-7-1-2-9-8(10(7)14)3-5-13-9/h1-3,5,13,17H,4,6H2,(H2,12,16). The van der Waals surface area contributed by atoms with Gasteiger partial charge in [0, 0.05) is 23.6 Å². The van der Waals surface area contributed by atoms with E-state index in [1.807, 2.05) is 24.4 Å². The van der Waals surface area contributed by atoms with E-state index in [4.69, 9.17) is 5.73 Å². The summed E-state index contributed by atoms with van der Waals surface area (Å²) in [5, 5.41) is 12.6. The monoisotopic (exact) mass is 232 g/mol. The zero-order chi connectivity index (χ0) is 12.0. The summed E-state index contributed by atoms with van der Waals surface area (Å²) < 4.78 is 0. The first-order valence-electron chi connectivity index (χ1n) is 5.33. The summed E-state index contributed by atoms with van der Waals surface area (Å²) in [6, 6.07) is 5.01. The summed E-state index contributed by atoms with van der Waals surface area (Å²) in [6.07, 6.45) is 2.61. The number of H-pyrrole nitrogens is 1. The topological polar surface area (TPSA) is 85.6 Å². The van der Waals surface area contributed by atoms with Crippen molar-refractivity contribution in [3.05, 3.63) is 30.0 Å². The van der Waals surface area contributed by atoms with Crippen LogP contribution in [0.25, 0.3) is 10.9 Å². The molecular weight excluding hydrogens is 220 g/mol. The van der Waals surface area contributed by atoms with Gasteiger partial charge < -0.3 is 10.7 Å². The number of urea groups is 1. The second-order valence-electron chi connectivity index (χ2n) is 4.01. The normalized spacial score (nSPS) is 14.1. The molecule has 0 spiro atoms. The SMILES string of the molecule is NC(=O)N(O)N1CCc2ccc3[nH]ccc3c21. The molecule has 88 valence electrons. The van der Waals surface area contributed by atoms with E-state index < -0.39 is 6.03 Å². The summed E-state index contributed by atoms with van der Waals surface area (Å²) in [5.74, 6) is 0. The molecule has 17 heavy (non-hydrogen) atoms. The van der Waals surface area contributed by atoms with Crippen molar-refractivity contribution in [2.45, 2.75) is 6.42 Å². The Morgan fingerprint density at radius 1 is 1.47 bits per heavy atom. The van der Waals surface area contributed by atoms with Gasteiger partial charge in [-0.25, -0.2) is 4.79 Å². The molecule has 0 aliphatic carbocycles. The van der Waals surface area contributed by atoms with Gasteiger partial charge in [-0.2, -0.15) is 0 Å². The number of aromatic amines is 1. The van der Waals surface area contributed by atoms with Crippen LogP contribution in [0.4, 0.5) is 10.5 Å². The average molecular weight is 232 g/mol. The highest BCUT2D eigenvalue weighted by atomic mass is 16.6. The maximum Gasteiger partial charge on any atom is 0.358 e. The molecule has 2 aromatic rings. The Hall–Kier alpha value is -2.21. The van der Waals surface area contributed by atoms with Crippen LogP contribution in [0, 0.1) is 0 Å². The van der Waals surface area contributed by atoms with E-state index in [1.165, 1.54) is 5.01 Å². The van der Waals surface area contributed by atoms with Gasteiger partial charge in [0.25, 0.3) is 0 Å². The molecule has 0 radical (unpaired) electrons. The number of hydrogen-bond donors (Lipinski definition) is 3. The first-order chi connectivity index (χ1) is 8.18. The maximum atomic E-state index is 11.0. The number of rotatable bonds is 1. The Kier molecular flexibility index (Phi) is 1.99. The molecule has 2 amide bonds. The third-order valence-corrected chi connectivity index (χ3v) is 3.07. The fourth-order valence-electron chi connectivity index (χ4n) is 2.32. The quantitative estimate of drug-likeness (QED) is 0.510. The number of fused-ring (bicyclic) bond motifs is 3. The number of aromatic nitrogens is 1. The molecule has 0 saturated carbocycles. The molecule has 4 N–H and O–H groups in total. The van der Waals surface area contributed by atoms with Crippen LogP contribution in [0.3, 0.4) is 0 Å². The van der Waals surface area contributed by atoms with Crippen LogP contribution in [-0.2, 0) is 6.42 Å². The van der Waals surface area contributed by atoms with E-state index in [-0.39, 0.29) is 0 Å². The predicted molar refractivity (Wildman–Crippen MR) is 62.6 cm³/mol. The molecular formula is C11H12N4O2. The van der Waals surface area contributed by atoms with Gasteiger partial charge in [-0.05, 0) is 24.1 Å². The molecule has 1 aliphatic heterocycles. The van der Waals surface area contributed by atoms with E-state index in [2.05, 4.69) is 4.98 Å². The minimum atomic E-state index is -0.884. The van der Waals surface area contributed by atoms with Crippen molar-refractivity contribution in [2.24, 2.45) is 5.73 Å². The summed E-state index contributed by atoms with van der Waals surface area (Å²) >= 11 is 0. The summed E-state index contributed by atoms with van der Waals surface area (Å²) in [4.78, 5) is 14.1. The number of benzene rings is 1. The Morgan fingerprint density at radius 3 is 3.06 bits per heavy atom. The van der Waals surface area contributed by atoms with Crippen LogP contribution in [-0.4, -0.2) is 27.9 Å². The molecule has 0 bridgehead atoms. The van der Waals surface area contributed by atoms with Gasteiger partial charge in [0.05, 0.1) is 5.69 Å². The number of anilines is 1. The minimum absolute atomic E-state index is 0.471. The minimum Gasteiger partial charge on any atom is -0.361 e. The number of carbonyl (C=O) groups is 1. The molecule has 2 heterocycles. The van der Waals surface area contributed by atoms with Crippen LogP contribution >= 0.6 is 0 Å². The molecule has 1 aromatic heterocycles. The second-order valence-corrected chi connectivity index (χ2v) is 4.01. The van der Waals surface area contributed by atoms with Crippen molar-refractivity contribution in [2.75, 3.05) is 11.6 Å². The van der Waals surface area contributed by atoms with Crippen LogP contribution in [0.5, 0.6) is 0 Å². The fraction of sp³-hybridized carbons (Fsp3) is 0.182. The van der Waals surface area contributed by atoms with Gasteiger partial charge in [0.15, 0.2) is 0 Å². The van der Waals surface area contributed by atoms with Gasteiger partial charge >= 0.3 is 6.03 Å². The molecule has 0 unspecified atom stereocenters. The van der Waals surface area contributed by atoms with Crippen molar-refractivity contribution < 1.29 is 10.0 Å². The molecule has 0 atom stereocenters. The van der Waals surface area contributed by atoms with Crippen LogP contribution in [0.1, 0.15) is 5.56 Å². The predicted octanol–water partition coefficient (Wildman–Crippen LogP) is 1.22. The molecule has 3 rings (SSSR count). The van der Waals surface area contributed by atoms with E-state index in [9.17, 15) is 10.0 Å². The zero-order valence-corrected chi connectivity index (χ0v) is 9.05. The molecule has 1 aromatic carbocycles. The largest absolute Gasteiger partial charge is 0.361 e. The Morgan fingerprint density at radius 2 is 2.29 bits per heavy atom. The smallest absolute Gasteiger partial charge is 0.358 e. The lowest BCUT2D eigenvalue weighted by Crippen LogP contribution is -2.46. The highest BCUT2D eigenvalue weighted by Gasteiger charge is 2.27. The first kappa shape index (κ1) is 9.98. The number of amides is 2. The van der Waals surface area contributed by atoms with Gasteiger partial charge in [-0.1, -0.05) is 6.07 Å². The molecule has 1 aliphatic rings. The van der Waals surface area contributed by atoms with Crippen LogP contribution in [0.15, 0.2) is 24.4 Å². The third kappa shape index (κ3) is 1.34. The molecule has 0 fully saturated rings. The van der Waals surface area contributed by atoms with E-state index in [0.717, 1.165) is 28.6 Å². The number of hydrazine groups is 1. The number of carbonyl (C=O) groups excluding carboxylic acids is 1. The number of nitrogens with one attached hydrogen (secondary N) is 1. The fourth-order valence-corrected chi connectivity index (χ4v) is 2.32. The number of nitrogens with two attached hydrogens (primary N) is 1. The third-order valence-electron chi connectivity index (χ3n) is 3.07. The van der Waals surface area contributed by atoms with Crippen LogP contribution < -0.4 is 10.7 Å². The number of hydrogen-bond acceptors (Lipinski definition) is 3. The molecule has 6 heteroatoms. The van der Waals surface area contributed by atoms with Crippen molar-refractivity contribution in [3.8, 4) is 0 Å². The maximum absolute atomic E-state index is 11.0. The zero-order valence-electron chi connectivity index (χ0n) is 9.05. The number of nitrogens with zero attached hydrogens (tertiary/aromatic N) is 2. The first-order valence-corrected chi connectivity index (χ1v) is 5.33. The van der Waals surface area contributed by atoms with Gasteiger partial charge in [-0.15, -0.1) is 5.17 Å². The van der Waals surface area contributed by atoms with Gasteiger partial charge in [0.2, 0.25) is 0 Å². The lowest BCUT2D eigenvalue weighted by molar-refractivity contribution is -0.0484. The van der Waals surface area contributed by atoms with E-state index in [1.54, 1.807) is 0 Å². The van der Waals surface area contributed by atoms with Crippen molar-refractivity contribution >= 4 is 22.6 Å². The van der Waals surface area contributed by atoms with Crippen molar-refractivity contribution in [3.63, 3.8) is 0 Å². The van der Waals surface area contributed by atoms with E-state index in [0.29, 0.717) is 11.7 Å². The van der Waals surface area contributed by atoms with E-state index >= 15 is 0 Å². The van der Waals surface area contributed by atoms with Crippen molar-refractivity contribution in [1.29, 1.82) is 0 Å². The number of primary amides is 1. The Bertz CT molecular complexity index is 592. The highest BCUT2D eigenvalue weighted by Crippen LogP contribution is 2.35. The molecule has 6 nitrogen and oxygen atoms in total. The molecule has 0 saturated heterocycles. The average Bonchev–Trinajstić information content (AvgIpc) is 2.92. The lowest BCUT2D eigenvalue weighted by atomic mass is 10.1. The van der Waals surface area contributed by atoms with Crippen LogP contribution in [0.2, 0.25) is 0 Å². The summed E-state index contributed by atoms with van der Waals surface area (Å²) in [5.41, 5.74) is 7.98. The number of hydroxylamine groups is 1. The Labute approximate surface area is 97.2 Å². The second kappa shape index (κ2) is 3.39. The van der Waals surface area contributed by atoms with Gasteiger partial charge in [0.1, 0.15) is 0 Å². The summed E-state index contributed by atoms with van der Waals surface area (Å²) in [7, 11) is 0. The Balaban J connectivity index is 2.17. The summed E-state index contributed by atoms with van der Waals surface area (Å²) in [6.45, 7) is 0.541. The van der Waals surface area contributed by atoms with Crippen molar-refractivity contribution in [1.82, 2.24) is 10.2 Å². The lowest BCUT2D eigenvalue weighted by Gasteiger charge is -2.26.